The molecule has 5 atom stereocenters. The number of fused-ring (bicyclic) bond motifs is 7. The molecule has 0 bridgehead atoms. The van der Waals surface area contributed by atoms with Crippen LogP contribution in [-0.4, -0.2) is 10.8 Å². The van der Waals surface area contributed by atoms with Gasteiger partial charge in [0.2, 0.25) is 0 Å². The molecule has 5 rings (SSSR count). The Kier molecular flexibility index (Phi) is 4.35. The van der Waals surface area contributed by atoms with E-state index in [1.54, 1.807) is 5.56 Å². The molecule has 2 heteroatoms. The van der Waals surface area contributed by atoms with E-state index in [0.29, 0.717) is 23.5 Å². The molecule has 0 spiro atoms. The van der Waals surface area contributed by atoms with Crippen molar-refractivity contribution >= 4 is 16.7 Å². The van der Waals surface area contributed by atoms with Crippen LogP contribution < -0.4 is 0 Å². The number of aromatic amines is 1. The van der Waals surface area contributed by atoms with Crippen molar-refractivity contribution in [1.82, 2.24) is 4.98 Å². The molecular formula is C27H35NO. The van der Waals surface area contributed by atoms with E-state index in [4.69, 9.17) is 0 Å². The average molecular weight is 390 g/mol. The zero-order valence-electron chi connectivity index (χ0n) is 18.4. The molecule has 0 radical (unpaired) electrons. The van der Waals surface area contributed by atoms with Gasteiger partial charge < -0.3 is 4.98 Å². The van der Waals surface area contributed by atoms with Gasteiger partial charge in [-0.15, -0.1) is 0 Å². The molecule has 3 aliphatic rings. The summed E-state index contributed by atoms with van der Waals surface area (Å²) in [4.78, 5) is 16.8. The molecule has 1 aromatic carbocycles. The highest BCUT2D eigenvalue weighted by molar-refractivity contribution is 5.88. The fourth-order valence-corrected chi connectivity index (χ4v) is 7.36. The summed E-state index contributed by atoms with van der Waals surface area (Å²) in [6.07, 6.45) is 11.0. The second kappa shape index (κ2) is 6.59. The third-order valence-corrected chi connectivity index (χ3v) is 9.05. The van der Waals surface area contributed by atoms with Crippen molar-refractivity contribution in [3.8, 4) is 0 Å². The zero-order valence-corrected chi connectivity index (χ0v) is 18.4. The van der Waals surface area contributed by atoms with E-state index in [1.807, 2.05) is 0 Å². The van der Waals surface area contributed by atoms with Crippen LogP contribution in [0.15, 0.2) is 36.4 Å². The van der Waals surface area contributed by atoms with Gasteiger partial charge >= 0.3 is 0 Å². The first-order valence-corrected chi connectivity index (χ1v) is 11.7. The van der Waals surface area contributed by atoms with Gasteiger partial charge in [-0.1, -0.05) is 58.0 Å². The Morgan fingerprint density at radius 1 is 1.21 bits per heavy atom. The molecule has 154 valence electrons. The molecule has 0 saturated heterocycles. The van der Waals surface area contributed by atoms with Crippen molar-refractivity contribution in [1.29, 1.82) is 0 Å². The van der Waals surface area contributed by atoms with Crippen LogP contribution in [0.25, 0.3) is 10.9 Å². The van der Waals surface area contributed by atoms with Gasteiger partial charge in [0.1, 0.15) is 5.78 Å². The Morgan fingerprint density at radius 3 is 2.79 bits per heavy atom. The lowest BCUT2D eigenvalue weighted by molar-refractivity contribution is -0.137. The number of para-hydroxylation sites is 1. The van der Waals surface area contributed by atoms with Crippen LogP contribution in [0.3, 0.4) is 0 Å². The Hall–Kier alpha value is -1.83. The van der Waals surface area contributed by atoms with Crippen LogP contribution in [0.5, 0.6) is 0 Å². The van der Waals surface area contributed by atoms with Gasteiger partial charge in [-0.25, -0.2) is 0 Å². The number of H-pyrrole nitrogens is 1. The van der Waals surface area contributed by atoms with E-state index in [9.17, 15) is 4.79 Å². The van der Waals surface area contributed by atoms with Crippen molar-refractivity contribution in [3.63, 3.8) is 0 Å². The normalized spacial score (nSPS) is 36.6. The van der Waals surface area contributed by atoms with E-state index in [0.717, 1.165) is 19.3 Å². The highest BCUT2D eigenvalue weighted by atomic mass is 16.1. The number of Topliss-reactive ketones (excluding diaryl/α,β-unsaturated/α-hetero) is 1. The van der Waals surface area contributed by atoms with E-state index in [1.165, 1.54) is 35.9 Å². The van der Waals surface area contributed by atoms with Gasteiger partial charge in [-0.05, 0) is 66.9 Å². The maximum absolute atomic E-state index is 13.0. The maximum Gasteiger partial charge on any atom is 0.140 e. The van der Waals surface area contributed by atoms with Gasteiger partial charge in [-0.2, -0.15) is 0 Å². The number of allylic oxidation sites excluding steroid dienone is 2. The van der Waals surface area contributed by atoms with E-state index < -0.39 is 0 Å². The Bertz CT molecular complexity index is 982. The second-order valence-electron chi connectivity index (χ2n) is 10.8. The third kappa shape index (κ3) is 2.57. The number of hydrogen-bond acceptors (Lipinski definition) is 1. The number of benzene rings is 1. The molecule has 1 N–H and O–H groups in total. The van der Waals surface area contributed by atoms with Crippen molar-refractivity contribution < 1.29 is 4.79 Å². The second-order valence-corrected chi connectivity index (χ2v) is 10.8. The lowest BCUT2D eigenvalue weighted by Crippen LogP contribution is -2.57. The van der Waals surface area contributed by atoms with Gasteiger partial charge in [0.25, 0.3) is 0 Å². The number of carbonyl (C=O) groups excluding carboxylic acids is 1. The van der Waals surface area contributed by atoms with Crippen molar-refractivity contribution in [2.24, 2.45) is 29.1 Å². The zero-order chi connectivity index (χ0) is 20.4. The fraction of sp³-hybridized carbons (Fsp3) is 0.593. The summed E-state index contributed by atoms with van der Waals surface area (Å²) in [5, 5.41) is 1.41. The largest absolute Gasteiger partial charge is 0.358 e. The first-order chi connectivity index (χ1) is 13.9. The number of nitrogens with one attached hydrogen (secondary N) is 1. The predicted octanol–water partition coefficient (Wildman–Crippen LogP) is 6.60. The Morgan fingerprint density at radius 2 is 2.00 bits per heavy atom. The van der Waals surface area contributed by atoms with Crippen molar-refractivity contribution in [2.75, 3.05) is 0 Å². The van der Waals surface area contributed by atoms with Crippen LogP contribution in [0.4, 0.5) is 0 Å². The van der Waals surface area contributed by atoms with Crippen LogP contribution >= 0.6 is 0 Å². The van der Waals surface area contributed by atoms with Crippen LogP contribution in [0.1, 0.15) is 71.1 Å². The van der Waals surface area contributed by atoms with Crippen LogP contribution in [0, 0.1) is 29.1 Å². The average Bonchev–Trinajstić information content (AvgIpc) is 3.19. The van der Waals surface area contributed by atoms with E-state index in [2.05, 4.69) is 69.1 Å². The molecule has 2 saturated carbocycles. The summed E-state index contributed by atoms with van der Waals surface area (Å²) >= 11 is 0. The molecule has 3 aliphatic carbocycles. The molecule has 2 fully saturated rings. The van der Waals surface area contributed by atoms with Crippen molar-refractivity contribution in [3.05, 3.63) is 47.7 Å². The highest BCUT2D eigenvalue weighted by Crippen LogP contribution is 2.67. The van der Waals surface area contributed by atoms with Gasteiger partial charge in [-0.3, -0.25) is 4.79 Å². The number of aromatic nitrogens is 1. The highest BCUT2D eigenvalue weighted by Gasteiger charge is 2.63. The predicted molar refractivity (Wildman–Crippen MR) is 120 cm³/mol. The number of rotatable bonds is 3. The first-order valence-electron chi connectivity index (χ1n) is 11.7. The lowest BCUT2D eigenvalue weighted by Gasteiger charge is -2.60. The topological polar surface area (TPSA) is 32.9 Å². The Labute approximate surface area is 175 Å². The summed E-state index contributed by atoms with van der Waals surface area (Å²) < 4.78 is 0. The van der Waals surface area contributed by atoms with Crippen LogP contribution in [-0.2, 0) is 16.6 Å². The van der Waals surface area contributed by atoms with E-state index >= 15 is 0 Å². The number of carbonyl (C=O) groups is 1. The fourth-order valence-electron chi connectivity index (χ4n) is 7.36. The maximum atomic E-state index is 13.0. The van der Waals surface area contributed by atoms with E-state index in [-0.39, 0.29) is 16.7 Å². The van der Waals surface area contributed by atoms with Crippen LogP contribution in [0.2, 0.25) is 0 Å². The summed E-state index contributed by atoms with van der Waals surface area (Å²) in [5.74, 6) is 2.40. The standard InChI is InChI=1S/C27H35NO/c1-17(2)8-7-10-19-21-13-12-18-16-23-25(20-9-5-6-11-22(20)28-23)27(18,4)26(21,3)15-14-24(19)29/h5-7,9-11,17-19,21,28H,8,12-16H2,1-4H3/b10-7+. The quantitative estimate of drug-likeness (QED) is 0.590. The molecule has 2 aromatic rings. The minimum atomic E-state index is 0.111. The minimum Gasteiger partial charge on any atom is -0.358 e. The van der Waals surface area contributed by atoms with Gasteiger partial charge in [0, 0.05) is 34.4 Å². The van der Waals surface area contributed by atoms with Gasteiger partial charge in [0.05, 0.1) is 0 Å². The Balaban J connectivity index is 1.60. The molecule has 0 aliphatic heterocycles. The molecule has 0 amide bonds. The smallest absolute Gasteiger partial charge is 0.140 e. The van der Waals surface area contributed by atoms with Crippen molar-refractivity contribution in [2.45, 2.75) is 71.6 Å². The SMILES string of the molecule is CC(C)C/C=C/C1C(=O)CCC2(C)C1CCC1Cc3[nH]c4ccccc4c3C12C. The summed E-state index contributed by atoms with van der Waals surface area (Å²) in [6, 6.07) is 8.83. The molecule has 29 heavy (non-hydrogen) atoms. The lowest BCUT2D eigenvalue weighted by atomic mass is 9.43. The monoisotopic (exact) mass is 389 g/mol. The number of ketones is 1. The molecule has 1 heterocycles. The molecular weight excluding hydrogens is 354 g/mol. The summed E-state index contributed by atoms with van der Waals surface area (Å²) in [7, 11) is 0. The summed E-state index contributed by atoms with van der Waals surface area (Å²) in [6.45, 7) is 9.57. The molecule has 2 nitrogen and oxygen atoms in total. The first kappa shape index (κ1) is 19.2. The third-order valence-electron chi connectivity index (χ3n) is 9.05. The molecule has 5 unspecified atom stereocenters. The summed E-state index contributed by atoms with van der Waals surface area (Å²) in [5.41, 5.74) is 4.64. The molecule has 1 aromatic heterocycles. The van der Waals surface area contributed by atoms with Gasteiger partial charge in [0.15, 0.2) is 0 Å². The minimum absolute atomic E-state index is 0.111. The number of hydrogen-bond donors (Lipinski definition) is 1.